The number of rotatable bonds is 6. The average Bonchev–Trinajstić information content (AvgIpc) is 2.56. The number of hydrogen-bond acceptors (Lipinski definition) is 2. The van der Waals surface area contributed by atoms with Gasteiger partial charge in [0.15, 0.2) is 0 Å². The van der Waals surface area contributed by atoms with Crippen molar-refractivity contribution in [3.63, 3.8) is 0 Å². The van der Waals surface area contributed by atoms with E-state index in [1.165, 1.54) is 5.56 Å². The van der Waals surface area contributed by atoms with Crippen molar-refractivity contribution in [1.29, 1.82) is 0 Å². The highest BCUT2D eigenvalue weighted by molar-refractivity contribution is 5.83. The van der Waals surface area contributed by atoms with Gasteiger partial charge in [-0.15, -0.1) is 6.58 Å². The van der Waals surface area contributed by atoms with Gasteiger partial charge in [0, 0.05) is 18.6 Å². The molecule has 0 heterocycles. The molecule has 0 aliphatic heterocycles. The van der Waals surface area contributed by atoms with E-state index in [1.807, 2.05) is 12.1 Å². The Morgan fingerprint density at radius 3 is 2.54 bits per heavy atom. The fourth-order valence-corrected chi connectivity index (χ4v) is 4.14. The van der Waals surface area contributed by atoms with Gasteiger partial charge in [0.1, 0.15) is 0 Å². The van der Waals surface area contributed by atoms with Crippen molar-refractivity contribution in [2.75, 3.05) is 13.6 Å². The third kappa shape index (κ3) is 5.44. The van der Waals surface area contributed by atoms with E-state index >= 15 is 0 Å². The van der Waals surface area contributed by atoms with Gasteiger partial charge in [-0.3, -0.25) is 4.79 Å². The Morgan fingerprint density at radius 2 is 1.96 bits per heavy atom. The first kappa shape index (κ1) is 20.7. The zero-order valence-corrected chi connectivity index (χ0v) is 17.2. The summed E-state index contributed by atoms with van der Waals surface area (Å²) in [5.74, 6) is 0.978. The lowest BCUT2D eigenvalue weighted by Gasteiger charge is -2.45. The Balaban J connectivity index is 2.12. The van der Waals surface area contributed by atoms with E-state index in [2.05, 4.69) is 75.8 Å². The molecule has 1 aromatic rings. The van der Waals surface area contributed by atoms with Crippen LogP contribution in [0.5, 0.6) is 0 Å². The number of carbonyl (C=O) groups excluding carboxylic acids is 1. The largest absolute Gasteiger partial charge is 0.351 e. The summed E-state index contributed by atoms with van der Waals surface area (Å²) in [6, 6.07) is 10.5. The Labute approximate surface area is 159 Å². The second-order valence-electron chi connectivity index (χ2n) is 9.28. The van der Waals surface area contributed by atoms with E-state index in [0.717, 1.165) is 32.4 Å². The first-order valence-electron chi connectivity index (χ1n) is 9.81. The maximum atomic E-state index is 13.2. The summed E-state index contributed by atoms with van der Waals surface area (Å²) in [7, 11) is 2.16. The Kier molecular flexibility index (Phi) is 6.68. The molecule has 1 aliphatic carbocycles. The van der Waals surface area contributed by atoms with Gasteiger partial charge in [0.05, 0.1) is 5.41 Å². The number of nitrogens with one attached hydrogen (secondary N) is 1. The summed E-state index contributed by atoms with van der Waals surface area (Å²) in [4.78, 5) is 15.5. The molecule has 3 heteroatoms. The lowest BCUT2D eigenvalue weighted by Crippen LogP contribution is -2.54. The highest BCUT2D eigenvalue weighted by Gasteiger charge is 2.46. The van der Waals surface area contributed by atoms with Crippen LogP contribution in [0.4, 0.5) is 0 Å². The standard InChI is InChI=1S/C23H36N2O/c1-7-18-13-14-20(17-25(6)16-19-11-9-8-10-12-19)23(5,15-18)21(26)24-22(2,3)4/h7-12,18,20H,1,13-17H2,2-6H3,(H,24,26)/t18-,20+,23+/m1/s1. The SMILES string of the molecule is C=C[C@@H]1CC[C@@H](CN(C)Cc2ccccc2)[C@@](C)(C(=O)NC(C)(C)C)C1. The number of carbonyl (C=O) groups is 1. The highest BCUT2D eigenvalue weighted by Crippen LogP contribution is 2.45. The molecule has 0 spiro atoms. The topological polar surface area (TPSA) is 32.3 Å². The van der Waals surface area contributed by atoms with Crippen molar-refractivity contribution in [1.82, 2.24) is 10.2 Å². The minimum atomic E-state index is -0.352. The van der Waals surface area contributed by atoms with Crippen molar-refractivity contribution >= 4 is 5.91 Å². The van der Waals surface area contributed by atoms with Crippen LogP contribution in [0.1, 0.15) is 52.5 Å². The lowest BCUT2D eigenvalue weighted by molar-refractivity contribution is -0.138. The lowest BCUT2D eigenvalue weighted by atomic mass is 9.63. The quantitative estimate of drug-likeness (QED) is 0.753. The fourth-order valence-electron chi connectivity index (χ4n) is 4.14. The van der Waals surface area contributed by atoms with Crippen LogP contribution in [0.2, 0.25) is 0 Å². The van der Waals surface area contributed by atoms with Crippen LogP contribution in [0.3, 0.4) is 0 Å². The molecule has 3 nitrogen and oxygen atoms in total. The number of benzene rings is 1. The maximum Gasteiger partial charge on any atom is 0.226 e. The van der Waals surface area contributed by atoms with Crippen LogP contribution >= 0.6 is 0 Å². The predicted molar refractivity (Wildman–Crippen MR) is 110 cm³/mol. The van der Waals surface area contributed by atoms with Crippen LogP contribution in [-0.4, -0.2) is 29.9 Å². The molecule has 1 fully saturated rings. The van der Waals surface area contributed by atoms with Gasteiger partial charge >= 0.3 is 0 Å². The molecule has 3 atom stereocenters. The normalized spacial score (nSPS) is 26.5. The van der Waals surface area contributed by atoms with Gasteiger partial charge in [-0.2, -0.15) is 0 Å². The summed E-state index contributed by atoms with van der Waals surface area (Å²) in [5.41, 5.74) is 0.757. The van der Waals surface area contributed by atoms with Gasteiger partial charge in [-0.05, 0) is 64.5 Å². The monoisotopic (exact) mass is 356 g/mol. The first-order valence-corrected chi connectivity index (χ1v) is 9.81. The molecule has 0 unspecified atom stereocenters. The van der Waals surface area contributed by atoms with Gasteiger partial charge in [0.25, 0.3) is 0 Å². The van der Waals surface area contributed by atoms with E-state index < -0.39 is 0 Å². The highest BCUT2D eigenvalue weighted by atomic mass is 16.2. The van der Waals surface area contributed by atoms with Crippen LogP contribution in [0.15, 0.2) is 43.0 Å². The molecule has 2 rings (SSSR count). The Bertz CT molecular complexity index is 604. The van der Waals surface area contributed by atoms with E-state index in [9.17, 15) is 4.79 Å². The van der Waals surface area contributed by atoms with Crippen molar-refractivity contribution in [3.05, 3.63) is 48.6 Å². The molecule has 26 heavy (non-hydrogen) atoms. The Hall–Kier alpha value is -1.61. The summed E-state index contributed by atoms with van der Waals surface area (Å²) in [6.45, 7) is 14.2. The number of amides is 1. The fraction of sp³-hybridized carbons (Fsp3) is 0.609. The Morgan fingerprint density at radius 1 is 1.31 bits per heavy atom. The molecule has 0 bridgehead atoms. The summed E-state index contributed by atoms with van der Waals surface area (Å²) in [5, 5.41) is 3.24. The van der Waals surface area contributed by atoms with E-state index in [-0.39, 0.29) is 16.9 Å². The zero-order chi connectivity index (χ0) is 19.4. The van der Waals surface area contributed by atoms with Crippen LogP contribution in [0, 0.1) is 17.3 Å². The van der Waals surface area contributed by atoms with Crippen molar-refractivity contribution in [3.8, 4) is 0 Å². The van der Waals surface area contributed by atoms with Crippen molar-refractivity contribution < 1.29 is 4.79 Å². The molecule has 144 valence electrons. The number of nitrogens with zero attached hydrogens (tertiary/aromatic N) is 1. The molecule has 0 radical (unpaired) electrons. The van der Waals surface area contributed by atoms with Crippen LogP contribution in [-0.2, 0) is 11.3 Å². The maximum absolute atomic E-state index is 13.2. The number of allylic oxidation sites excluding steroid dienone is 1. The first-order chi connectivity index (χ1) is 12.1. The second-order valence-corrected chi connectivity index (χ2v) is 9.28. The molecular formula is C23H36N2O. The summed E-state index contributed by atoms with van der Waals surface area (Å²) >= 11 is 0. The third-order valence-corrected chi connectivity index (χ3v) is 5.64. The molecule has 1 aromatic carbocycles. The van der Waals surface area contributed by atoms with Gasteiger partial charge in [0.2, 0.25) is 5.91 Å². The van der Waals surface area contributed by atoms with Gasteiger partial charge in [-0.25, -0.2) is 0 Å². The van der Waals surface area contributed by atoms with E-state index in [1.54, 1.807) is 0 Å². The zero-order valence-electron chi connectivity index (χ0n) is 17.2. The summed E-state index contributed by atoms with van der Waals surface area (Å²) in [6.07, 6.45) is 5.13. The van der Waals surface area contributed by atoms with Crippen molar-refractivity contribution in [2.45, 2.75) is 59.0 Å². The molecule has 0 aromatic heterocycles. The summed E-state index contributed by atoms with van der Waals surface area (Å²) < 4.78 is 0. The molecule has 1 saturated carbocycles. The molecule has 1 amide bonds. The van der Waals surface area contributed by atoms with Crippen LogP contribution in [0.25, 0.3) is 0 Å². The second kappa shape index (κ2) is 8.39. The number of hydrogen-bond donors (Lipinski definition) is 1. The molecule has 1 aliphatic rings. The molecular weight excluding hydrogens is 320 g/mol. The van der Waals surface area contributed by atoms with Crippen molar-refractivity contribution in [2.24, 2.45) is 17.3 Å². The minimum Gasteiger partial charge on any atom is -0.351 e. The van der Waals surface area contributed by atoms with Gasteiger partial charge in [-0.1, -0.05) is 43.3 Å². The van der Waals surface area contributed by atoms with E-state index in [4.69, 9.17) is 0 Å². The molecule has 1 N–H and O–H groups in total. The predicted octanol–water partition coefficient (Wildman–Crippen LogP) is 4.64. The average molecular weight is 357 g/mol. The minimum absolute atomic E-state index is 0.190. The molecule has 0 saturated heterocycles. The van der Waals surface area contributed by atoms with E-state index in [0.29, 0.717) is 11.8 Å². The van der Waals surface area contributed by atoms with Gasteiger partial charge < -0.3 is 10.2 Å². The smallest absolute Gasteiger partial charge is 0.226 e. The third-order valence-electron chi connectivity index (χ3n) is 5.64. The van der Waals surface area contributed by atoms with Crippen LogP contribution < -0.4 is 5.32 Å².